The largest absolute Gasteiger partial charge is 0.481 e. The molecule has 0 aromatic carbocycles. The Bertz CT molecular complexity index is 438. The Balaban J connectivity index is 2.38. The van der Waals surface area contributed by atoms with Crippen molar-refractivity contribution in [3.8, 4) is 5.88 Å². The first-order chi connectivity index (χ1) is 8.11. The van der Waals surface area contributed by atoms with E-state index in [0.29, 0.717) is 25.4 Å². The van der Waals surface area contributed by atoms with Crippen molar-refractivity contribution in [2.45, 2.75) is 12.5 Å². The van der Waals surface area contributed by atoms with Gasteiger partial charge in [-0.3, -0.25) is 10.1 Å². The second kappa shape index (κ2) is 4.54. The Morgan fingerprint density at radius 1 is 1.65 bits per heavy atom. The van der Waals surface area contributed by atoms with Crippen molar-refractivity contribution in [3.63, 3.8) is 0 Å². The number of pyridine rings is 1. The first-order valence-electron chi connectivity index (χ1n) is 5.24. The lowest BCUT2D eigenvalue weighted by molar-refractivity contribution is -0.384. The molecule has 1 fully saturated rings. The van der Waals surface area contributed by atoms with Crippen LogP contribution in [0.25, 0.3) is 0 Å². The van der Waals surface area contributed by atoms with Gasteiger partial charge in [-0.2, -0.15) is 4.98 Å². The molecule has 1 N–H and O–H groups in total. The Morgan fingerprint density at radius 2 is 2.41 bits per heavy atom. The van der Waals surface area contributed by atoms with Crippen LogP contribution in [0, 0.1) is 10.1 Å². The van der Waals surface area contributed by atoms with Crippen molar-refractivity contribution in [1.82, 2.24) is 4.98 Å². The number of ether oxygens (including phenoxy) is 1. The Labute approximate surface area is 97.8 Å². The van der Waals surface area contributed by atoms with Gasteiger partial charge in [-0.25, -0.2) is 0 Å². The predicted molar refractivity (Wildman–Crippen MR) is 60.3 cm³/mol. The summed E-state index contributed by atoms with van der Waals surface area (Å²) in [5.74, 6) is 0.581. The molecule has 0 saturated carbocycles. The molecule has 1 aliphatic heterocycles. The molecule has 0 amide bonds. The maximum atomic E-state index is 10.9. The van der Waals surface area contributed by atoms with Crippen molar-refractivity contribution in [2.75, 3.05) is 25.1 Å². The molecule has 1 aliphatic rings. The molecule has 2 rings (SSSR count). The molecule has 0 aliphatic carbocycles. The van der Waals surface area contributed by atoms with Gasteiger partial charge in [0, 0.05) is 25.2 Å². The zero-order chi connectivity index (χ0) is 12.4. The number of methoxy groups -OCH3 is 1. The number of hydrogen-bond acceptors (Lipinski definition) is 6. The number of aliphatic hydroxyl groups excluding tert-OH is 1. The lowest BCUT2D eigenvalue weighted by Crippen LogP contribution is -2.23. The minimum Gasteiger partial charge on any atom is -0.481 e. The molecule has 7 nitrogen and oxygen atoms in total. The summed E-state index contributed by atoms with van der Waals surface area (Å²) in [7, 11) is 1.46. The Hall–Kier alpha value is -1.89. The van der Waals surface area contributed by atoms with Crippen LogP contribution in [0.3, 0.4) is 0 Å². The fourth-order valence-corrected chi connectivity index (χ4v) is 1.85. The number of aromatic nitrogens is 1. The van der Waals surface area contributed by atoms with E-state index in [1.54, 1.807) is 4.90 Å². The molecule has 1 aromatic rings. The van der Waals surface area contributed by atoms with E-state index in [-0.39, 0.29) is 11.5 Å². The summed E-state index contributed by atoms with van der Waals surface area (Å²) in [6.07, 6.45) is 0.137. The van der Waals surface area contributed by atoms with Crippen LogP contribution >= 0.6 is 0 Å². The first kappa shape index (κ1) is 11.6. The van der Waals surface area contributed by atoms with E-state index < -0.39 is 11.0 Å². The topological polar surface area (TPSA) is 88.7 Å². The van der Waals surface area contributed by atoms with Gasteiger partial charge in [0.2, 0.25) is 11.7 Å². The molecule has 1 atom stereocenters. The average molecular weight is 239 g/mol. The van der Waals surface area contributed by atoms with Crippen LogP contribution in [0.5, 0.6) is 5.88 Å². The molecular formula is C10H13N3O4. The van der Waals surface area contributed by atoms with E-state index in [0.717, 1.165) is 0 Å². The van der Waals surface area contributed by atoms with Gasteiger partial charge in [-0.1, -0.05) is 0 Å². The van der Waals surface area contributed by atoms with Crippen LogP contribution in [0.4, 0.5) is 11.5 Å². The molecule has 1 aromatic heterocycles. The minimum absolute atomic E-state index is 0.0695. The molecule has 0 bridgehead atoms. The highest BCUT2D eigenvalue weighted by Gasteiger charge is 2.28. The lowest BCUT2D eigenvalue weighted by Gasteiger charge is -2.16. The first-order valence-corrected chi connectivity index (χ1v) is 5.24. The summed E-state index contributed by atoms with van der Waals surface area (Å²) in [5, 5.41) is 20.3. The highest BCUT2D eigenvalue weighted by molar-refractivity contribution is 5.59. The van der Waals surface area contributed by atoms with Crippen LogP contribution in [0.15, 0.2) is 12.1 Å². The van der Waals surface area contributed by atoms with Crippen molar-refractivity contribution in [2.24, 2.45) is 0 Å². The Morgan fingerprint density at radius 3 is 2.94 bits per heavy atom. The van der Waals surface area contributed by atoms with Gasteiger partial charge < -0.3 is 14.7 Å². The summed E-state index contributed by atoms with van der Waals surface area (Å²) < 4.78 is 4.95. The van der Waals surface area contributed by atoms with Gasteiger partial charge in [0.05, 0.1) is 18.1 Å². The molecule has 7 heteroatoms. The number of anilines is 1. The fraction of sp³-hybridized carbons (Fsp3) is 0.500. The molecule has 17 heavy (non-hydrogen) atoms. The SMILES string of the molecule is COc1ccc([N+](=O)[O-])c(N2CC[C@H](O)C2)n1. The van der Waals surface area contributed by atoms with E-state index in [9.17, 15) is 15.2 Å². The van der Waals surface area contributed by atoms with E-state index >= 15 is 0 Å². The predicted octanol–water partition coefficient (Wildman–Crippen LogP) is 0.569. The standard InChI is InChI=1S/C10H13N3O4/c1-17-9-3-2-8(13(15)16)10(11-9)12-5-4-7(14)6-12/h2-3,7,14H,4-6H2,1H3/t7-/m0/s1. The zero-order valence-electron chi connectivity index (χ0n) is 9.37. The second-order valence-electron chi connectivity index (χ2n) is 3.84. The van der Waals surface area contributed by atoms with Crippen molar-refractivity contribution < 1.29 is 14.8 Å². The summed E-state index contributed by atoms with van der Waals surface area (Å²) in [4.78, 5) is 16.2. The third-order valence-corrected chi connectivity index (χ3v) is 2.70. The normalized spacial score (nSPS) is 19.4. The third kappa shape index (κ3) is 2.28. The zero-order valence-corrected chi connectivity index (χ0v) is 9.37. The Kier molecular flexibility index (Phi) is 3.10. The fourth-order valence-electron chi connectivity index (χ4n) is 1.85. The average Bonchev–Trinajstić information content (AvgIpc) is 2.75. The summed E-state index contributed by atoms with van der Waals surface area (Å²) in [6, 6.07) is 2.82. The van der Waals surface area contributed by atoms with Crippen LogP contribution in [0.2, 0.25) is 0 Å². The van der Waals surface area contributed by atoms with Crippen molar-refractivity contribution in [1.29, 1.82) is 0 Å². The van der Waals surface area contributed by atoms with Crippen LogP contribution in [-0.2, 0) is 0 Å². The molecule has 92 valence electrons. The van der Waals surface area contributed by atoms with Gasteiger partial charge in [0.25, 0.3) is 0 Å². The van der Waals surface area contributed by atoms with Gasteiger partial charge in [0.15, 0.2) is 0 Å². The van der Waals surface area contributed by atoms with Crippen molar-refractivity contribution in [3.05, 3.63) is 22.2 Å². The number of hydrogen-bond donors (Lipinski definition) is 1. The summed E-state index contributed by atoms with van der Waals surface area (Å²) in [5.41, 5.74) is -0.0695. The number of aliphatic hydroxyl groups is 1. The van der Waals surface area contributed by atoms with E-state index in [1.165, 1.54) is 19.2 Å². The van der Waals surface area contributed by atoms with Gasteiger partial charge in [-0.15, -0.1) is 0 Å². The van der Waals surface area contributed by atoms with Crippen molar-refractivity contribution >= 4 is 11.5 Å². The van der Waals surface area contributed by atoms with E-state index in [2.05, 4.69) is 4.98 Å². The number of nitrogens with zero attached hydrogens (tertiary/aromatic N) is 3. The number of β-amino-alcohol motifs (C(OH)–C–C–N with tert-alkyl or cyclic N) is 1. The van der Waals surface area contributed by atoms with Crippen LogP contribution in [0.1, 0.15) is 6.42 Å². The highest BCUT2D eigenvalue weighted by atomic mass is 16.6. The quantitative estimate of drug-likeness (QED) is 0.612. The maximum Gasteiger partial charge on any atom is 0.311 e. The third-order valence-electron chi connectivity index (χ3n) is 2.70. The molecule has 0 radical (unpaired) electrons. The monoisotopic (exact) mass is 239 g/mol. The highest BCUT2D eigenvalue weighted by Crippen LogP contribution is 2.30. The number of rotatable bonds is 3. The minimum atomic E-state index is -0.480. The van der Waals surface area contributed by atoms with Crippen LogP contribution in [-0.4, -0.2) is 41.3 Å². The van der Waals surface area contributed by atoms with E-state index in [4.69, 9.17) is 4.74 Å². The lowest BCUT2D eigenvalue weighted by atomic mass is 10.3. The van der Waals surface area contributed by atoms with E-state index in [1.807, 2.05) is 0 Å². The second-order valence-corrected chi connectivity index (χ2v) is 3.84. The van der Waals surface area contributed by atoms with Gasteiger partial charge >= 0.3 is 5.69 Å². The molecule has 2 heterocycles. The molecule has 0 spiro atoms. The summed E-state index contributed by atoms with van der Waals surface area (Å²) in [6.45, 7) is 0.920. The molecular weight excluding hydrogens is 226 g/mol. The summed E-state index contributed by atoms with van der Waals surface area (Å²) >= 11 is 0. The van der Waals surface area contributed by atoms with Gasteiger partial charge in [0.1, 0.15) is 0 Å². The van der Waals surface area contributed by atoms with Crippen LogP contribution < -0.4 is 9.64 Å². The molecule has 1 saturated heterocycles. The maximum absolute atomic E-state index is 10.9. The molecule has 0 unspecified atom stereocenters. The number of nitro groups is 1. The van der Waals surface area contributed by atoms with Gasteiger partial charge in [-0.05, 0) is 6.42 Å². The smallest absolute Gasteiger partial charge is 0.311 e.